The maximum absolute atomic E-state index is 4.73. The summed E-state index contributed by atoms with van der Waals surface area (Å²) in [5.74, 6) is 0.798. The molecule has 2 nitrogen and oxygen atoms in total. The number of para-hydroxylation sites is 1. The molecule has 1 heterocycles. The van der Waals surface area contributed by atoms with E-state index in [1.54, 1.807) is 0 Å². The van der Waals surface area contributed by atoms with Gasteiger partial charge in [-0.2, -0.15) is 0 Å². The number of fused-ring (bicyclic) bond motifs is 1. The molecule has 2 atom stereocenters. The molecule has 2 rings (SSSR count). The summed E-state index contributed by atoms with van der Waals surface area (Å²) >= 11 is 1.81. The topological polar surface area (TPSA) is 24.9 Å². The largest absolute Gasteiger partial charge is 0.308 e. The summed E-state index contributed by atoms with van der Waals surface area (Å²) in [5, 5.41) is 4.87. The number of nitrogens with zero attached hydrogens (tertiary/aromatic N) is 1. The van der Waals surface area contributed by atoms with E-state index in [1.165, 1.54) is 35.4 Å². The van der Waals surface area contributed by atoms with Crippen LogP contribution in [0.3, 0.4) is 0 Å². The van der Waals surface area contributed by atoms with Crippen LogP contribution in [0.1, 0.15) is 57.5 Å². The van der Waals surface area contributed by atoms with E-state index in [9.17, 15) is 0 Å². The number of aromatic nitrogens is 1. The van der Waals surface area contributed by atoms with Crippen LogP contribution < -0.4 is 5.32 Å². The third kappa shape index (κ3) is 4.03. The Morgan fingerprint density at radius 1 is 1.25 bits per heavy atom. The molecule has 1 aromatic heterocycles. The monoisotopic (exact) mass is 290 g/mol. The van der Waals surface area contributed by atoms with Crippen LogP contribution in [0.2, 0.25) is 0 Å². The van der Waals surface area contributed by atoms with Crippen LogP contribution >= 0.6 is 11.3 Å². The summed E-state index contributed by atoms with van der Waals surface area (Å²) in [5.41, 5.74) is 1.12. The zero-order valence-electron chi connectivity index (χ0n) is 12.9. The summed E-state index contributed by atoms with van der Waals surface area (Å²) in [6, 6.07) is 8.74. The number of hydrogen-bond donors (Lipinski definition) is 1. The van der Waals surface area contributed by atoms with Crippen molar-refractivity contribution in [2.75, 3.05) is 6.54 Å². The van der Waals surface area contributed by atoms with Gasteiger partial charge in [0.2, 0.25) is 0 Å². The Kier molecular flexibility index (Phi) is 5.99. The quantitative estimate of drug-likeness (QED) is 0.726. The first-order valence-corrected chi connectivity index (χ1v) is 8.65. The molecule has 0 aliphatic heterocycles. The van der Waals surface area contributed by atoms with Gasteiger partial charge in [-0.25, -0.2) is 4.98 Å². The Balaban J connectivity index is 1.92. The zero-order chi connectivity index (χ0) is 14.4. The SMILES string of the molecule is CCCCC(CC)CNC(C)c1nc2ccccc2s1. The molecule has 0 aliphatic carbocycles. The van der Waals surface area contributed by atoms with Gasteiger partial charge >= 0.3 is 0 Å². The Labute approximate surface area is 126 Å². The Morgan fingerprint density at radius 2 is 2.05 bits per heavy atom. The van der Waals surface area contributed by atoms with Crippen LogP contribution in [0.5, 0.6) is 0 Å². The smallest absolute Gasteiger partial charge is 0.111 e. The molecule has 0 radical (unpaired) electrons. The van der Waals surface area contributed by atoms with E-state index in [-0.39, 0.29) is 0 Å². The number of rotatable bonds is 8. The minimum absolute atomic E-state index is 0.350. The minimum atomic E-state index is 0.350. The van der Waals surface area contributed by atoms with E-state index in [0.717, 1.165) is 18.0 Å². The summed E-state index contributed by atoms with van der Waals surface area (Å²) in [6.07, 6.45) is 5.24. The van der Waals surface area contributed by atoms with Crippen molar-refractivity contribution >= 4 is 21.6 Å². The molecular formula is C17H26N2S. The fraction of sp³-hybridized carbons (Fsp3) is 0.588. The van der Waals surface area contributed by atoms with Crippen molar-refractivity contribution in [2.24, 2.45) is 5.92 Å². The molecule has 2 unspecified atom stereocenters. The molecule has 20 heavy (non-hydrogen) atoms. The Hall–Kier alpha value is -0.930. The highest BCUT2D eigenvalue weighted by molar-refractivity contribution is 7.18. The second-order valence-electron chi connectivity index (χ2n) is 5.57. The van der Waals surface area contributed by atoms with Crippen LogP contribution in [0, 0.1) is 5.92 Å². The first-order chi connectivity index (χ1) is 9.74. The molecule has 0 bridgehead atoms. The van der Waals surface area contributed by atoms with Crippen LogP contribution in [-0.2, 0) is 0 Å². The molecule has 3 heteroatoms. The van der Waals surface area contributed by atoms with Crippen LogP contribution in [-0.4, -0.2) is 11.5 Å². The van der Waals surface area contributed by atoms with Gasteiger partial charge in [-0.3, -0.25) is 0 Å². The van der Waals surface area contributed by atoms with Crippen molar-refractivity contribution in [3.05, 3.63) is 29.3 Å². The minimum Gasteiger partial charge on any atom is -0.308 e. The van der Waals surface area contributed by atoms with Crippen molar-refractivity contribution < 1.29 is 0 Å². The molecule has 1 aromatic carbocycles. The number of thiazole rings is 1. The van der Waals surface area contributed by atoms with Gasteiger partial charge in [0.15, 0.2) is 0 Å². The standard InChI is InChI=1S/C17H26N2S/c1-4-6-9-14(5-2)12-18-13(3)17-19-15-10-7-8-11-16(15)20-17/h7-8,10-11,13-14,18H,4-6,9,12H2,1-3H3. The van der Waals surface area contributed by atoms with E-state index >= 15 is 0 Å². The predicted octanol–water partition coefficient (Wildman–Crippen LogP) is 5.16. The van der Waals surface area contributed by atoms with Crippen LogP contribution in [0.25, 0.3) is 10.2 Å². The summed E-state index contributed by atoms with van der Waals surface area (Å²) < 4.78 is 1.29. The molecule has 0 spiro atoms. The molecule has 0 aliphatic rings. The van der Waals surface area contributed by atoms with E-state index < -0.39 is 0 Å². The average molecular weight is 290 g/mol. The van der Waals surface area contributed by atoms with Crippen molar-refractivity contribution in [1.82, 2.24) is 10.3 Å². The van der Waals surface area contributed by atoms with Gasteiger partial charge in [0, 0.05) is 0 Å². The van der Waals surface area contributed by atoms with Gasteiger partial charge in [0.25, 0.3) is 0 Å². The van der Waals surface area contributed by atoms with Crippen molar-refractivity contribution in [1.29, 1.82) is 0 Å². The van der Waals surface area contributed by atoms with Gasteiger partial charge in [-0.05, 0) is 37.9 Å². The van der Waals surface area contributed by atoms with E-state index in [1.807, 2.05) is 11.3 Å². The molecule has 110 valence electrons. The number of unbranched alkanes of at least 4 members (excludes halogenated alkanes) is 1. The highest BCUT2D eigenvalue weighted by Gasteiger charge is 2.13. The summed E-state index contributed by atoms with van der Waals surface area (Å²) in [6.45, 7) is 7.89. The Morgan fingerprint density at radius 3 is 2.75 bits per heavy atom. The lowest BCUT2D eigenvalue weighted by molar-refractivity contribution is 0.398. The molecular weight excluding hydrogens is 264 g/mol. The number of benzene rings is 1. The van der Waals surface area contributed by atoms with Gasteiger partial charge in [-0.15, -0.1) is 11.3 Å². The molecule has 0 saturated carbocycles. The lowest BCUT2D eigenvalue weighted by atomic mass is 9.99. The number of nitrogens with one attached hydrogen (secondary N) is 1. The average Bonchev–Trinajstić information content (AvgIpc) is 2.91. The molecule has 0 fully saturated rings. The Bertz CT molecular complexity index is 487. The number of hydrogen-bond acceptors (Lipinski definition) is 3. The summed E-state index contributed by atoms with van der Waals surface area (Å²) in [4.78, 5) is 4.73. The fourth-order valence-corrected chi connectivity index (χ4v) is 3.44. The van der Waals surface area contributed by atoms with Crippen molar-refractivity contribution in [3.8, 4) is 0 Å². The zero-order valence-corrected chi connectivity index (χ0v) is 13.7. The van der Waals surface area contributed by atoms with Gasteiger partial charge < -0.3 is 5.32 Å². The highest BCUT2D eigenvalue weighted by Crippen LogP contribution is 2.26. The van der Waals surface area contributed by atoms with E-state index in [2.05, 4.69) is 50.4 Å². The lowest BCUT2D eigenvalue weighted by Gasteiger charge is -2.18. The predicted molar refractivity (Wildman–Crippen MR) is 89.3 cm³/mol. The van der Waals surface area contributed by atoms with Crippen molar-refractivity contribution in [3.63, 3.8) is 0 Å². The molecule has 0 saturated heterocycles. The maximum atomic E-state index is 4.73. The van der Waals surface area contributed by atoms with Crippen LogP contribution in [0.15, 0.2) is 24.3 Å². The third-order valence-corrected chi connectivity index (χ3v) is 5.16. The first kappa shape index (κ1) is 15.5. The lowest BCUT2D eigenvalue weighted by Crippen LogP contribution is -2.25. The van der Waals surface area contributed by atoms with E-state index in [4.69, 9.17) is 4.98 Å². The normalized spacial score (nSPS) is 14.6. The molecule has 0 amide bonds. The maximum Gasteiger partial charge on any atom is 0.111 e. The van der Waals surface area contributed by atoms with Gasteiger partial charge in [-0.1, -0.05) is 45.2 Å². The second-order valence-corrected chi connectivity index (χ2v) is 6.63. The van der Waals surface area contributed by atoms with Crippen LogP contribution in [0.4, 0.5) is 0 Å². The molecule has 2 aromatic rings. The van der Waals surface area contributed by atoms with Crippen molar-refractivity contribution in [2.45, 2.75) is 52.5 Å². The van der Waals surface area contributed by atoms with Gasteiger partial charge in [0.1, 0.15) is 5.01 Å². The summed E-state index contributed by atoms with van der Waals surface area (Å²) in [7, 11) is 0. The second kappa shape index (κ2) is 7.75. The molecule has 1 N–H and O–H groups in total. The van der Waals surface area contributed by atoms with E-state index in [0.29, 0.717) is 6.04 Å². The fourth-order valence-electron chi connectivity index (χ4n) is 2.45. The highest BCUT2D eigenvalue weighted by atomic mass is 32.1. The first-order valence-electron chi connectivity index (χ1n) is 7.83. The van der Waals surface area contributed by atoms with Gasteiger partial charge in [0.05, 0.1) is 16.3 Å². The third-order valence-electron chi connectivity index (χ3n) is 3.94.